The highest BCUT2D eigenvalue weighted by Gasteiger charge is 1.98. The van der Waals surface area contributed by atoms with Gasteiger partial charge in [0.15, 0.2) is 11.1 Å². The smallest absolute Gasteiger partial charge is 0.173 e. The van der Waals surface area contributed by atoms with Crippen molar-refractivity contribution in [3.8, 4) is 0 Å². The van der Waals surface area contributed by atoms with E-state index in [1.807, 2.05) is 0 Å². The van der Waals surface area contributed by atoms with Crippen molar-refractivity contribution in [2.75, 3.05) is 0 Å². The average Bonchev–Trinajstić information content (AvgIpc) is 2.12. The highest BCUT2D eigenvalue weighted by atomic mass is 16.5. The lowest BCUT2D eigenvalue weighted by atomic mass is 10.3. The summed E-state index contributed by atoms with van der Waals surface area (Å²) in [4.78, 5) is 7.75. The summed E-state index contributed by atoms with van der Waals surface area (Å²) in [6, 6.07) is 3.38. The zero-order valence-electron chi connectivity index (χ0n) is 6.10. The van der Waals surface area contributed by atoms with Gasteiger partial charge in [0.05, 0.1) is 5.39 Å². The van der Waals surface area contributed by atoms with Gasteiger partial charge in [-0.05, 0) is 12.1 Å². The Labute approximate surface area is 67.4 Å². The zero-order valence-corrected chi connectivity index (χ0v) is 6.10. The third-order valence-electron chi connectivity index (χ3n) is 1.56. The van der Waals surface area contributed by atoms with Gasteiger partial charge in [-0.2, -0.15) is 4.73 Å². The monoisotopic (exact) mass is 162 g/mol. The summed E-state index contributed by atoms with van der Waals surface area (Å²) in [6.45, 7) is 0. The lowest BCUT2D eigenvalue weighted by Gasteiger charge is -1.98. The molecule has 0 saturated carbocycles. The Balaban J connectivity index is 3.01. The van der Waals surface area contributed by atoms with Crippen LogP contribution in [-0.4, -0.2) is 19.9 Å². The quantitative estimate of drug-likeness (QED) is 0.541. The molecule has 0 aliphatic heterocycles. The summed E-state index contributed by atoms with van der Waals surface area (Å²) in [7, 11) is 0. The molecule has 12 heavy (non-hydrogen) atoms. The van der Waals surface area contributed by atoms with Gasteiger partial charge in [-0.3, -0.25) is 5.41 Å². The first-order chi connectivity index (χ1) is 5.79. The fraction of sp³-hybridized carbons (Fsp3) is 0. The third kappa shape index (κ3) is 0.833. The maximum absolute atomic E-state index is 9.06. The molecule has 60 valence electrons. The molecule has 0 aliphatic carbocycles. The number of pyridine rings is 1. The predicted octanol–water partition coefficient (Wildman–Crippen LogP) is 0.148. The molecule has 0 amide bonds. The van der Waals surface area contributed by atoms with E-state index in [1.54, 1.807) is 18.3 Å². The average molecular weight is 162 g/mol. The van der Waals surface area contributed by atoms with Gasteiger partial charge in [0.1, 0.15) is 6.33 Å². The molecule has 0 spiro atoms. The zero-order chi connectivity index (χ0) is 8.55. The maximum atomic E-state index is 9.06. The number of hydrogen-bond donors (Lipinski definition) is 2. The first-order valence-corrected chi connectivity index (χ1v) is 3.35. The van der Waals surface area contributed by atoms with Gasteiger partial charge in [-0.1, -0.05) is 0 Å². The lowest BCUT2D eigenvalue weighted by molar-refractivity contribution is 0.169. The van der Waals surface area contributed by atoms with Crippen LogP contribution in [0.1, 0.15) is 0 Å². The SMILES string of the molecule is N=c1c2cccnc2ncn1O. The number of nitrogens with zero attached hydrogens (tertiary/aromatic N) is 3. The largest absolute Gasteiger partial charge is 0.425 e. The number of aromatic nitrogens is 3. The van der Waals surface area contributed by atoms with Crippen molar-refractivity contribution in [3.05, 3.63) is 30.1 Å². The molecule has 2 aromatic heterocycles. The summed E-state index contributed by atoms with van der Waals surface area (Å²) in [6.07, 6.45) is 2.74. The molecular weight excluding hydrogens is 156 g/mol. The molecule has 0 aliphatic rings. The van der Waals surface area contributed by atoms with Crippen LogP contribution < -0.4 is 5.49 Å². The van der Waals surface area contributed by atoms with E-state index in [9.17, 15) is 0 Å². The van der Waals surface area contributed by atoms with Gasteiger partial charge >= 0.3 is 0 Å². The highest BCUT2D eigenvalue weighted by molar-refractivity contribution is 5.71. The second kappa shape index (κ2) is 2.30. The Morgan fingerprint density at radius 1 is 1.42 bits per heavy atom. The molecule has 0 unspecified atom stereocenters. The third-order valence-corrected chi connectivity index (χ3v) is 1.56. The summed E-state index contributed by atoms with van der Waals surface area (Å²) >= 11 is 0. The molecule has 2 aromatic rings. The fourth-order valence-corrected chi connectivity index (χ4v) is 0.975. The van der Waals surface area contributed by atoms with Gasteiger partial charge < -0.3 is 5.21 Å². The molecule has 0 radical (unpaired) electrons. The molecule has 0 fully saturated rings. The van der Waals surface area contributed by atoms with E-state index in [0.29, 0.717) is 15.8 Å². The van der Waals surface area contributed by atoms with E-state index in [4.69, 9.17) is 10.6 Å². The second-order valence-electron chi connectivity index (χ2n) is 2.31. The maximum Gasteiger partial charge on any atom is 0.173 e. The van der Waals surface area contributed by atoms with Crippen LogP contribution in [0.15, 0.2) is 24.7 Å². The Kier molecular flexibility index (Phi) is 1.30. The van der Waals surface area contributed by atoms with Gasteiger partial charge in [0.2, 0.25) is 0 Å². The van der Waals surface area contributed by atoms with E-state index < -0.39 is 0 Å². The number of rotatable bonds is 0. The molecule has 2 heterocycles. The first-order valence-electron chi connectivity index (χ1n) is 3.35. The first kappa shape index (κ1) is 6.78. The normalized spacial score (nSPS) is 10.3. The van der Waals surface area contributed by atoms with Gasteiger partial charge in [-0.25, -0.2) is 9.97 Å². The number of nitrogens with one attached hydrogen (secondary N) is 1. The van der Waals surface area contributed by atoms with Crippen molar-refractivity contribution in [2.45, 2.75) is 0 Å². The number of hydrogen-bond acceptors (Lipinski definition) is 4. The van der Waals surface area contributed by atoms with E-state index in [2.05, 4.69) is 9.97 Å². The molecule has 0 atom stereocenters. The molecule has 0 bridgehead atoms. The summed E-state index contributed by atoms with van der Waals surface area (Å²) in [5.74, 6) is 0. The van der Waals surface area contributed by atoms with Gasteiger partial charge in [0, 0.05) is 6.20 Å². The topological polar surface area (TPSA) is 74.8 Å². The highest BCUT2D eigenvalue weighted by Crippen LogP contribution is 1.99. The predicted molar refractivity (Wildman–Crippen MR) is 40.6 cm³/mol. The van der Waals surface area contributed by atoms with Gasteiger partial charge in [-0.15, -0.1) is 0 Å². The molecule has 0 saturated heterocycles. The van der Waals surface area contributed by atoms with E-state index in [-0.39, 0.29) is 5.49 Å². The standard InChI is InChI=1S/C7H6N4O/c8-6-5-2-1-3-9-7(5)10-4-11(6)12/h1-4,8,12H. The lowest BCUT2D eigenvalue weighted by Crippen LogP contribution is -2.18. The van der Waals surface area contributed by atoms with Crippen LogP contribution >= 0.6 is 0 Å². The van der Waals surface area contributed by atoms with E-state index in [0.717, 1.165) is 6.33 Å². The van der Waals surface area contributed by atoms with Crippen LogP contribution in [-0.2, 0) is 0 Å². The van der Waals surface area contributed by atoms with Crippen LogP contribution in [0.3, 0.4) is 0 Å². The van der Waals surface area contributed by atoms with Crippen LogP contribution in [0.25, 0.3) is 11.0 Å². The van der Waals surface area contributed by atoms with Gasteiger partial charge in [0.25, 0.3) is 0 Å². The van der Waals surface area contributed by atoms with Crippen molar-refractivity contribution < 1.29 is 5.21 Å². The summed E-state index contributed by atoms with van der Waals surface area (Å²) < 4.78 is 0.657. The second-order valence-corrected chi connectivity index (χ2v) is 2.31. The minimum absolute atomic E-state index is 0.00639. The minimum atomic E-state index is -0.00639. The summed E-state index contributed by atoms with van der Waals surface area (Å²) in [5, 5.41) is 17.0. The van der Waals surface area contributed by atoms with E-state index >= 15 is 0 Å². The summed E-state index contributed by atoms with van der Waals surface area (Å²) in [5.41, 5.74) is 0.459. The van der Waals surface area contributed by atoms with E-state index in [1.165, 1.54) is 0 Å². The molecule has 2 rings (SSSR count). The van der Waals surface area contributed by atoms with Crippen molar-refractivity contribution in [1.82, 2.24) is 14.7 Å². The van der Waals surface area contributed by atoms with Crippen molar-refractivity contribution in [1.29, 1.82) is 5.41 Å². The van der Waals surface area contributed by atoms with Crippen molar-refractivity contribution in [3.63, 3.8) is 0 Å². The number of fused-ring (bicyclic) bond motifs is 1. The Morgan fingerprint density at radius 3 is 3.08 bits per heavy atom. The van der Waals surface area contributed by atoms with Crippen molar-refractivity contribution >= 4 is 11.0 Å². The Morgan fingerprint density at radius 2 is 2.25 bits per heavy atom. The van der Waals surface area contributed by atoms with Crippen LogP contribution in [0.5, 0.6) is 0 Å². The molecule has 5 heteroatoms. The molecule has 2 N–H and O–H groups in total. The Hall–Kier alpha value is -1.91. The Bertz CT molecular complexity index is 476. The van der Waals surface area contributed by atoms with Crippen LogP contribution in [0, 0.1) is 5.41 Å². The molecular formula is C7H6N4O. The molecule has 5 nitrogen and oxygen atoms in total. The fourth-order valence-electron chi connectivity index (χ4n) is 0.975. The molecule has 0 aromatic carbocycles. The van der Waals surface area contributed by atoms with Crippen molar-refractivity contribution in [2.24, 2.45) is 0 Å². The van der Waals surface area contributed by atoms with Crippen LogP contribution in [0.2, 0.25) is 0 Å². The minimum Gasteiger partial charge on any atom is -0.425 e. The van der Waals surface area contributed by atoms with Crippen LogP contribution in [0.4, 0.5) is 0 Å².